The lowest BCUT2D eigenvalue weighted by Gasteiger charge is -2.57. The molecule has 202 valence electrons. The Kier molecular flexibility index (Phi) is 7.85. The fourth-order valence-electron chi connectivity index (χ4n) is 8.86. The molecule has 0 amide bonds. The highest BCUT2D eigenvalue weighted by Crippen LogP contribution is 2.68. The van der Waals surface area contributed by atoms with E-state index in [1.54, 1.807) is 6.92 Å². The molecule has 0 aromatic rings. The Morgan fingerprint density at radius 2 is 1.67 bits per heavy atom. The molecular formula is C32H50O4. The molecule has 4 rings (SSSR count). The molecule has 0 spiro atoms. The van der Waals surface area contributed by atoms with Gasteiger partial charge in [-0.1, -0.05) is 53.7 Å². The Morgan fingerprint density at radius 3 is 2.31 bits per heavy atom. The summed E-state index contributed by atoms with van der Waals surface area (Å²) in [4.78, 5) is 24.0. The van der Waals surface area contributed by atoms with Crippen LogP contribution in [0.15, 0.2) is 23.5 Å². The van der Waals surface area contributed by atoms with Crippen molar-refractivity contribution >= 4 is 11.9 Å². The first kappa shape index (κ1) is 27.5. The summed E-state index contributed by atoms with van der Waals surface area (Å²) in [6.45, 7) is 17.3. The van der Waals surface area contributed by atoms with Gasteiger partial charge < -0.3 is 9.47 Å². The number of allylic oxidation sites excluding steroid dienone is 4. The van der Waals surface area contributed by atoms with Crippen molar-refractivity contribution in [2.75, 3.05) is 0 Å². The van der Waals surface area contributed by atoms with Crippen LogP contribution < -0.4 is 0 Å². The highest BCUT2D eigenvalue weighted by Gasteiger charge is 2.60. The molecule has 0 heterocycles. The Balaban J connectivity index is 1.66. The molecule has 0 aliphatic heterocycles. The molecule has 0 radical (unpaired) electrons. The summed E-state index contributed by atoms with van der Waals surface area (Å²) in [7, 11) is 0. The van der Waals surface area contributed by atoms with Gasteiger partial charge in [0.25, 0.3) is 0 Å². The lowest BCUT2D eigenvalue weighted by molar-refractivity contribution is -0.151. The van der Waals surface area contributed by atoms with Gasteiger partial charge >= 0.3 is 11.9 Å². The molecule has 0 N–H and O–H groups in total. The zero-order chi connectivity index (χ0) is 26.4. The number of carbonyl (C=O) groups excluding carboxylic acids is 2. The minimum Gasteiger partial charge on any atom is -0.463 e. The minimum absolute atomic E-state index is 0.0282. The van der Waals surface area contributed by atoms with Gasteiger partial charge in [0.05, 0.1) is 0 Å². The fourth-order valence-corrected chi connectivity index (χ4v) is 8.86. The quantitative estimate of drug-likeness (QED) is 0.276. The third-order valence-corrected chi connectivity index (χ3v) is 11.1. The van der Waals surface area contributed by atoms with Crippen molar-refractivity contribution in [2.24, 2.45) is 52.3 Å². The summed E-state index contributed by atoms with van der Waals surface area (Å²) in [5, 5.41) is 0. The predicted molar refractivity (Wildman–Crippen MR) is 144 cm³/mol. The van der Waals surface area contributed by atoms with Crippen molar-refractivity contribution in [2.45, 2.75) is 113 Å². The van der Waals surface area contributed by atoms with E-state index in [9.17, 15) is 9.59 Å². The van der Waals surface area contributed by atoms with Crippen LogP contribution in [0.4, 0.5) is 0 Å². The standard InChI is InChI=1S/C32H50O4/c1-19(2)20(3)9-10-21(4)27-13-14-28-26-12-11-24-17-25(35-22(5)33)15-16-31(24,7)30(26)29(36-23(6)34)18-32(27,28)8/h9-10,19-21,24-28H,11-18H2,1-8H3/b10-9+/t20-,21+,24-,25+,26+,27+,28-,31-,32-/m0/s1. The molecular weight excluding hydrogens is 448 g/mol. The van der Waals surface area contributed by atoms with Gasteiger partial charge in [-0.05, 0) is 103 Å². The van der Waals surface area contributed by atoms with E-state index in [1.807, 2.05) is 0 Å². The van der Waals surface area contributed by atoms with Crippen LogP contribution in [0.2, 0.25) is 0 Å². The van der Waals surface area contributed by atoms with E-state index >= 15 is 0 Å². The molecule has 36 heavy (non-hydrogen) atoms. The van der Waals surface area contributed by atoms with E-state index in [0.29, 0.717) is 41.4 Å². The maximum Gasteiger partial charge on any atom is 0.307 e. The number of fused-ring (bicyclic) bond motifs is 5. The Morgan fingerprint density at radius 1 is 0.944 bits per heavy atom. The Bertz CT molecular complexity index is 915. The van der Waals surface area contributed by atoms with Gasteiger partial charge in [0.2, 0.25) is 0 Å². The molecule has 4 heteroatoms. The first-order valence-electron chi connectivity index (χ1n) is 14.6. The summed E-state index contributed by atoms with van der Waals surface area (Å²) in [5.41, 5.74) is 1.64. The van der Waals surface area contributed by atoms with E-state index in [-0.39, 0.29) is 28.9 Å². The van der Waals surface area contributed by atoms with Crippen LogP contribution in [0.1, 0.15) is 107 Å². The van der Waals surface area contributed by atoms with E-state index < -0.39 is 0 Å². The average Bonchev–Trinajstić information content (AvgIpc) is 3.13. The third-order valence-electron chi connectivity index (χ3n) is 11.1. The molecule has 0 saturated heterocycles. The maximum absolute atomic E-state index is 12.4. The number of ether oxygens (including phenoxy) is 2. The molecule has 9 atom stereocenters. The van der Waals surface area contributed by atoms with Gasteiger partial charge in [-0.15, -0.1) is 0 Å². The number of rotatable bonds is 6. The van der Waals surface area contributed by atoms with Gasteiger partial charge in [0.15, 0.2) is 0 Å². The molecule has 0 bridgehead atoms. The highest BCUT2D eigenvalue weighted by molar-refractivity contribution is 5.67. The van der Waals surface area contributed by atoms with Crippen molar-refractivity contribution in [3.05, 3.63) is 23.5 Å². The average molecular weight is 499 g/mol. The number of esters is 2. The summed E-state index contributed by atoms with van der Waals surface area (Å²) in [6, 6.07) is 0. The normalized spacial score (nSPS) is 39.9. The minimum atomic E-state index is -0.189. The molecule has 0 aromatic heterocycles. The van der Waals surface area contributed by atoms with Crippen LogP contribution in [0.3, 0.4) is 0 Å². The Labute approximate surface area is 219 Å². The number of hydrogen-bond donors (Lipinski definition) is 0. The molecule has 0 unspecified atom stereocenters. The van der Waals surface area contributed by atoms with Crippen LogP contribution in [-0.2, 0) is 19.1 Å². The first-order valence-corrected chi connectivity index (χ1v) is 14.6. The van der Waals surface area contributed by atoms with Gasteiger partial charge in [-0.2, -0.15) is 0 Å². The van der Waals surface area contributed by atoms with Crippen molar-refractivity contribution < 1.29 is 19.1 Å². The van der Waals surface area contributed by atoms with Gasteiger partial charge in [-0.25, -0.2) is 0 Å². The van der Waals surface area contributed by atoms with Crippen LogP contribution >= 0.6 is 0 Å². The maximum atomic E-state index is 12.4. The summed E-state index contributed by atoms with van der Waals surface area (Å²) in [6.07, 6.45) is 13.5. The fraction of sp³-hybridized carbons (Fsp3) is 0.812. The summed E-state index contributed by atoms with van der Waals surface area (Å²) < 4.78 is 11.8. The van der Waals surface area contributed by atoms with E-state index in [0.717, 1.165) is 37.9 Å². The van der Waals surface area contributed by atoms with Crippen LogP contribution in [0, 0.1) is 52.3 Å². The van der Waals surface area contributed by atoms with Gasteiger partial charge in [0, 0.05) is 20.3 Å². The first-order chi connectivity index (χ1) is 16.9. The van der Waals surface area contributed by atoms with Crippen molar-refractivity contribution in [3.63, 3.8) is 0 Å². The predicted octanol–water partition coefficient (Wildman–Crippen LogP) is 7.87. The molecule has 3 saturated carbocycles. The third kappa shape index (κ3) is 4.95. The summed E-state index contributed by atoms with van der Waals surface area (Å²) >= 11 is 0. The lowest BCUT2D eigenvalue weighted by Crippen LogP contribution is -2.50. The monoisotopic (exact) mass is 498 g/mol. The summed E-state index contributed by atoms with van der Waals surface area (Å²) in [5.74, 6) is 4.63. The lowest BCUT2D eigenvalue weighted by atomic mass is 9.48. The SMILES string of the molecule is CC(=O)OC1=C2[C@H](CC[C@H]3C[C@H](OC(C)=O)CC[C@]23C)[C@@H]2CC[C@H]([C@H](C)/C=C/[C@H](C)C(C)C)[C@]2(C)C1. The topological polar surface area (TPSA) is 52.6 Å². The van der Waals surface area contributed by atoms with Crippen LogP contribution in [0.5, 0.6) is 0 Å². The molecule has 0 aromatic carbocycles. The molecule has 4 aliphatic carbocycles. The largest absolute Gasteiger partial charge is 0.463 e. The van der Waals surface area contributed by atoms with Crippen molar-refractivity contribution in [3.8, 4) is 0 Å². The van der Waals surface area contributed by atoms with E-state index in [2.05, 4.69) is 53.7 Å². The second-order valence-corrected chi connectivity index (χ2v) is 13.6. The van der Waals surface area contributed by atoms with E-state index in [1.165, 1.54) is 31.8 Å². The number of carbonyl (C=O) groups is 2. The van der Waals surface area contributed by atoms with E-state index in [4.69, 9.17) is 9.47 Å². The second kappa shape index (κ2) is 10.3. The van der Waals surface area contributed by atoms with Gasteiger partial charge in [0.1, 0.15) is 11.9 Å². The van der Waals surface area contributed by atoms with Gasteiger partial charge in [-0.3, -0.25) is 9.59 Å². The molecule has 4 nitrogen and oxygen atoms in total. The smallest absolute Gasteiger partial charge is 0.307 e. The zero-order valence-corrected chi connectivity index (χ0v) is 24.1. The number of hydrogen-bond acceptors (Lipinski definition) is 4. The molecule has 3 fully saturated rings. The molecule has 4 aliphatic rings. The van der Waals surface area contributed by atoms with Crippen molar-refractivity contribution in [1.29, 1.82) is 0 Å². The van der Waals surface area contributed by atoms with Crippen LogP contribution in [-0.4, -0.2) is 18.0 Å². The van der Waals surface area contributed by atoms with Crippen molar-refractivity contribution in [1.82, 2.24) is 0 Å². The highest BCUT2D eigenvalue weighted by atomic mass is 16.5. The Hall–Kier alpha value is -1.58. The second-order valence-electron chi connectivity index (χ2n) is 13.6. The van der Waals surface area contributed by atoms with Crippen LogP contribution in [0.25, 0.3) is 0 Å². The zero-order valence-electron chi connectivity index (χ0n) is 24.1.